The second kappa shape index (κ2) is 6.47. The zero-order valence-corrected chi connectivity index (χ0v) is 12.7. The van der Waals surface area contributed by atoms with E-state index in [1.54, 1.807) is 0 Å². The Balaban J connectivity index is 1.69. The van der Waals surface area contributed by atoms with Gasteiger partial charge in [-0.05, 0) is 31.7 Å². The number of nitrogens with one attached hydrogen (secondary N) is 3. The predicted octanol–water partition coefficient (Wildman–Crippen LogP) is 0.749. The highest BCUT2D eigenvalue weighted by Gasteiger charge is 2.21. The van der Waals surface area contributed by atoms with E-state index in [2.05, 4.69) is 25.7 Å². The van der Waals surface area contributed by atoms with Gasteiger partial charge in [-0.3, -0.25) is 14.7 Å². The van der Waals surface area contributed by atoms with Crippen molar-refractivity contribution in [2.45, 2.75) is 25.7 Å². The number of aromatic nitrogens is 3. The molecule has 2 heterocycles. The number of H-pyrrole nitrogens is 2. The summed E-state index contributed by atoms with van der Waals surface area (Å²) in [7, 11) is 1.41. The molecule has 0 aliphatic heterocycles. The van der Waals surface area contributed by atoms with E-state index < -0.39 is 0 Å². The summed E-state index contributed by atoms with van der Waals surface area (Å²) in [6, 6.07) is 1.53. The minimum absolute atomic E-state index is 0.182. The number of amides is 1. The van der Waals surface area contributed by atoms with Crippen LogP contribution in [0.4, 0.5) is 0 Å². The highest BCUT2D eigenvalue weighted by Crippen LogP contribution is 2.21. The molecule has 120 valence electrons. The van der Waals surface area contributed by atoms with Crippen molar-refractivity contribution in [1.29, 1.82) is 0 Å². The molecule has 1 aliphatic carbocycles. The van der Waals surface area contributed by atoms with E-state index >= 15 is 0 Å². The van der Waals surface area contributed by atoms with Crippen LogP contribution in [-0.2, 0) is 12.8 Å². The lowest BCUT2D eigenvalue weighted by Gasteiger charge is -2.10. The van der Waals surface area contributed by atoms with Gasteiger partial charge >= 0.3 is 0 Å². The van der Waals surface area contributed by atoms with Gasteiger partial charge in [0.1, 0.15) is 0 Å². The van der Waals surface area contributed by atoms with Gasteiger partial charge in [0.05, 0.1) is 13.3 Å². The van der Waals surface area contributed by atoms with E-state index in [0.29, 0.717) is 11.3 Å². The lowest BCUT2D eigenvalue weighted by atomic mass is 9.96. The number of carbonyl (C=O) groups is 1. The van der Waals surface area contributed by atoms with Crippen LogP contribution in [-0.4, -0.2) is 34.4 Å². The van der Waals surface area contributed by atoms with Crippen LogP contribution in [0, 0.1) is 0 Å². The highest BCUT2D eigenvalue weighted by molar-refractivity contribution is 5.94. The Labute approximate surface area is 132 Å². The fraction of sp³-hybridized carbons (Fsp3) is 0.333. The number of hydrazone groups is 1. The molecule has 8 heteroatoms. The van der Waals surface area contributed by atoms with Gasteiger partial charge in [-0.2, -0.15) is 10.2 Å². The number of aryl methyl sites for hydroxylation is 1. The maximum atomic E-state index is 12.2. The van der Waals surface area contributed by atoms with E-state index in [-0.39, 0.29) is 17.2 Å². The number of carbonyl (C=O) groups excluding carboxylic acids is 1. The van der Waals surface area contributed by atoms with Gasteiger partial charge < -0.3 is 9.72 Å². The molecule has 3 N–H and O–H groups in total. The van der Waals surface area contributed by atoms with Crippen molar-refractivity contribution in [3.63, 3.8) is 0 Å². The Morgan fingerprint density at radius 2 is 2.26 bits per heavy atom. The van der Waals surface area contributed by atoms with Gasteiger partial charge in [-0.25, -0.2) is 5.43 Å². The molecule has 2 aromatic rings. The SMILES string of the molecule is COc1cc(C=NNC(=O)c2n[nH]c3c2CCCC3)c[nH]c1=O. The van der Waals surface area contributed by atoms with E-state index in [9.17, 15) is 9.59 Å². The van der Waals surface area contributed by atoms with Crippen LogP contribution in [0.15, 0.2) is 22.2 Å². The Morgan fingerprint density at radius 3 is 3.09 bits per heavy atom. The lowest BCUT2D eigenvalue weighted by Crippen LogP contribution is -2.20. The van der Waals surface area contributed by atoms with Crippen LogP contribution in [0.2, 0.25) is 0 Å². The van der Waals surface area contributed by atoms with Crippen LogP contribution < -0.4 is 15.7 Å². The normalized spacial score (nSPS) is 13.8. The van der Waals surface area contributed by atoms with Gasteiger partial charge in [-0.1, -0.05) is 0 Å². The van der Waals surface area contributed by atoms with Gasteiger partial charge in [-0.15, -0.1) is 0 Å². The van der Waals surface area contributed by atoms with Crippen molar-refractivity contribution in [2.24, 2.45) is 5.10 Å². The van der Waals surface area contributed by atoms with Crippen LogP contribution in [0.25, 0.3) is 0 Å². The Morgan fingerprint density at radius 1 is 1.43 bits per heavy atom. The van der Waals surface area contributed by atoms with Gasteiger partial charge in [0.25, 0.3) is 11.5 Å². The van der Waals surface area contributed by atoms with Gasteiger partial charge in [0, 0.05) is 23.0 Å². The number of ether oxygens (including phenoxy) is 1. The quantitative estimate of drug-likeness (QED) is 0.571. The molecule has 8 nitrogen and oxygen atoms in total. The molecule has 0 unspecified atom stereocenters. The summed E-state index contributed by atoms with van der Waals surface area (Å²) in [6.45, 7) is 0. The fourth-order valence-corrected chi connectivity index (χ4v) is 2.59. The molecule has 0 atom stereocenters. The second-order valence-corrected chi connectivity index (χ2v) is 5.27. The van der Waals surface area contributed by atoms with Crippen molar-refractivity contribution in [2.75, 3.05) is 7.11 Å². The smallest absolute Gasteiger partial charge is 0.292 e. The molecule has 3 rings (SSSR count). The van der Waals surface area contributed by atoms with E-state index in [1.165, 1.54) is 25.6 Å². The summed E-state index contributed by atoms with van der Waals surface area (Å²) in [4.78, 5) is 26.0. The first-order valence-corrected chi connectivity index (χ1v) is 7.35. The first-order chi connectivity index (χ1) is 11.2. The summed E-state index contributed by atoms with van der Waals surface area (Å²) in [6.07, 6.45) is 6.87. The number of rotatable bonds is 4. The summed E-state index contributed by atoms with van der Waals surface area (Å²) in [5, 5.41) is 10.9. The van der Waals surface area contributed by atoms with Crippen LogP contribution >= 0.6 is 0 Å². The zero-order chi connectivity index (χ0) is 16.2. The third-order valence-electron chi connectivity index (χ3n) is 3.76. The average molecular weight is 315 g/mol. The van der Waals surface area contributed by atoms with Crippen LogP contribution in [0.3, 0.4) is 0 Å². The zero-order valence-electron chi connectivity index (χ0n) is 12.7. The molecular weight excluding hydrogens is 298 g/mol. The molecule has 0 fully saturated rings. The third kappa shape index (κ3) is 3.15. The molecule has 1 amide bonds. The van der Waals surface area contributed by atoms with Crippen LogP contribution in [0.1, 0.15) is 40.2 Å². The molecule has 0 spiro atoms. The number of hydrogen-bond acceptors (Lipinski definition) is 5. The molecular formula is C15H17N5O3. The molecule has 0 radical (unpaired) electrons. The second-order valence-electron chi connectivity index (χ2n) is 5.27. The number of nitrogens with zero attached hydrogens (tertiary/aromatic N) is 2. The van der Waals surface area contributed by atoms with E-state index in [1.807, 2.05) is 0 Å². The highest BCUT2D eigenvalue weighted by atomic mass is 16.5. The topological polar surface area (TPSA) is 112 Å². The summed E-state index contributed by atoms with van der Waals surface area (Å²) in [5.74, 6) is -0.168. The molecule has 1 aliphatic rings. The van der Waals surface area contributed by atoms with Crippen molar-refractivity contribution in [3.8, 4) is 5.75 Å². The van der Waals surface area contributed by atoms with E-state index in [0.717, 1.165) is 36.9 Å². The number of methoxy groups -OCH3 is 1. The predicted molar refractivity (Wildman–Crippen MR) is 83.9 cm³/mol. The lowest BCUT2D eigenvalue weighted by molar-refractivity contribution is 0.0949. The number of pyridine rings is 1. The average Bonchev–Trinajstić information content (AvgIpc) is 3.00. The summed E-state index contributed by atoms with van der Waals surface area (Å²) in [5.41, 5.74) is 5.15. The molecule has 0 bridgehead atoms. The molecule has 0 saturated heterocycles. The first kappa shape index (κ1) is 15.0. The minimum atomic E-state index is -0.350. The number of aromatic amines is 2. The van der Waals surface area contributed by atoms with E-state index in [4.69, 9.17) is 4.74 Å². The molecule has 0 aromatic carbocycles. The monoisotopic (exact) mass is 315 g/mol. The Hall–Kier alpha value is -2.90. The number of hydrogen-bond donors (Lipinski definition) is 3. The Bertz CT molecular complexity index is 806. The van der Waals surface area contributed by atoms with Gasteiger partial charge in [0.2, 0.25) is 0 Å². The molecule has 0 saturated carbocycles. The van der Waals surface area contributed by atoms with Crippen molar-refractivity contribution in [1.82, 2.24) is 20.6 Å². The summed E-state index contributed by atoms with van der Waals surface area (Å²) < 4.78 is 4.93. The molecule has 2 aromatic heterocycles. The van der Waals surface area contributed by atoms with Crippen molar-refractivity contribution in [3.05, 3.63) is 45.1 Å². The minimum Gasteiger partial charge on any atom is -0.491 e. The summed E-state index contributed by atoms with van der Waals surface area (Å²) >= 11 is 0. The molecule has 23 heavy (non-hydrogen) atoms. The Kier molecular flexibility index (Phi) is 4.22. The third-order valence-corrected chi connectivity index (χ3v) is 3.76. The number of fused-ring (bicyclic) bond motifs is 1. The van der Waals surface area contributed by atoms with Crippen molar-refractivity contribution >= 4 is 12.1 Å². The van der Waals surface area contributed by atoms with Crippen molar-refractivity contribution < 1.29 is 9.53 Å². The van der Waals surface area contributed by atoms with Crippen LogP contribution in [0.5, 0.6) is 5.75 Å². The fourth-order valence-electron chi connectivity index (χ4n) is 2.59. The standard InChI is InChI=1S/C15H17N5O3/c1-23-12-6-9(7-16-14(12)21)8-17-20-15(22)13-10-4-2-3-5-11(10)18-19-13/h6-8H,2-5H2,1H3,(H,16,21)(H,18,19)(H,20,22). The maximum absolute atomic E-state index is 12.2. The largest absolute Gasteiger partial charge is 0.491 e. The maximum Gasteiger partial charge on any atom is 0.292 e. The van der Waals surface area contributed by atoms with Gasteiger partial charge in [0.15, 0.2) is 11.4 Å². The first-order valence-electron chi connectivity index (χ1n) is 7.35.